The predicted molar refractivity (Wildman–Crippen MR) is 106 cm³/mol. The first kappa shape index (κ1) is 20.6. The maximum Gasteiger partial charge on any atom is 0.119 e. The molecule has 5 nitrogen and oxygen atoms in total. The van der Waals surface area contributed by atoms with Gasteiger partial charge in [-0.3, -0.25) is 9.88 Å². The third-order valence-corrected chi connectivity index (χ3v) is 5.82. The average Bonchev–Trinajstić information content (AvgIpc) is 2.66. The molecule has 2 bridgehead atoms. The summed E-state index contributed by atoms with van der Waals surface area (Å²) >= 11 is 0. The van der Waals surface area contributed by atoms with E-state index < -0.39 is 6.10 Å². The molecule has 4 heterocycles. The highest BCUT2D eigenvalue weighted by atomic mass is 35.5. The van der Waals surface area contributed by atoms with Crippen LogP contribution in [0.15, 0.2) is 43.1 Å². The van der Waals surface area contributed by atoms with E-state index in [-0.39, 0.29) is 23.9 Å². The van der Waals surface area contributed by atoms with Gasteiger partial charge in [0.1, 0.15) is 5.75 Å². The van der Waals surface area contributed by atoms with Crippen LogP contribution < -0.4 is 4.74 Å². The molecule has 142 valence electrons. The second kappa shape index (κ2) is 8.35. The Kier molecular flexibility index (Phi) is 6.64. The van der Waals surface area contributed by atoms with Crippen molar-refractivity contribution in [3.05, 3.63) is 48.7 Å². The zero-order valence-electron chi connectivity index (χ0n) is 15.0. The van der Waals surface area contributed by atoms with E-state index in [0.29, 0.717) is 11.8 Å². The maximum atomic E-state index is 11.2. The van der Waals surface area contributed by atoms with Gasteiger partial charge in [-0.25, -0.2) is 0 Å². The van der Waals surface area contributed by atoms with Crippen LogP contribution in [-0.2, 0) is 0 Å². The lowest BCUT2D eigenvalue weighted by Gasteiger charge is -2.50. The molecule has 3 aliphatic heterocycles. The lowest BCUT2D eigenvalue weighted by molar-refractivity contribution is -0.0444. The number of nitrogens with zero attached hydrogens (tertiary/aromatic N) is 2. The van der Waals surface area contributed by atoms with Gasteiger partial charge in [0.15, 0.2) is 0 Å². The topological polar surface area (TPSA) is 77.1 Å². The van der Waals surface area contributed by atoms with Gasteiger partial charge in [0.2, 0.25) is 0 Å². The van der Waals surface area contributed by atoms with Crippen molar-refractivity contribution in [2.75, 3.05) is 20.2 Å². The second-order valence-electron chi connectivity index (χ2n) is 6.97. The second-order valence-corrected chi connectivity index (χ2v) is 6.97. The summed E-state index contributed by atoms with van der Waals surface area (Å²) in [5.41, 5.74) is 1.85. The number of rotatable bonds is 4. The molecule has 0 spiro atoms. The van der Waals surface area contributed by atoms with Gasteiger partial charge in [-0.1, -0.05) is 6.08 Å². The quantitative estimate of drug-likeness (QED) is 0.830. The highest BCUT2D eigenvalue weighted by Crippen LogP contribution is 2.42. The third-order valence-electron chi connectivity index (χ3n) is 5.82. The summed E-state index contributed by atoms with van der Waals surface area (Å²) in [4.78, 5) is 6.86. The van der Waals surface area contributed by atoms with Gasteiger partial charge in [0.25, 0.3) is 0 Å². The summed E-state index contributed by atoms with van der Waals surface area (Å²) in [6.07, 6.45) is 5.62. The van der Waals surface area contributed by atoms with Crippen LogP contribution in [0.25, 0.3) is 10.9 Å². The zero-order chi connectivity index (χ0) is 16.7. The Morgan fingerprint density at radius 2 is 2.19 bits per heavy atom. The molecule has 3 N–H and O–H groups in total. The first-order valence-corrected chi connectivity index (χ1v) is 8.68. The number of halogens is 1. The lowest BCUT2D eigenvalue weighted by atomic mass is 9.73. The van der Waals surface area contributed by atoms with E-state index in [1.54, 1.807) is 13.3 Å². The van der Waals surface area contributed by atoms with E-state index >= 15 is 0 Å². The van der Waals surface area contributed by atoms with Crippen molar-refractivity contribution in [1.29, 1.82) is 0 Å². The molecule has 3 aliphatic rings. The Labute approximate surface area is 160 Å². The maximum absolute atomic E-state index is 11.2. The number of aromatic nitrogens is 1. The molecule has 2 aromatic rings. The minimum absolute atomic E-state index is 0. The number of hydrogen-bond donors (Lipinski definition) is 1. The molecule has 5 rings (SSSR count). The average molecular weight is 379 g/mol. The number of ether oxygens (including phenoxy) is 1. The van der Waals surface area contributed by atoms with E-state index in [0.717, 1.165) is 41.7 Å². The summed E-state index contributed by atoms with van der Waals surface area (Å²) < 4.78 is 5.35. The van der Waals surface area contributed by atoms with Crippen LogP contribution in [0.5, 0.6) is 5.75 Å². The fraction of sp³-hybridized carbons (Fsp3) is 0.450. The number of pyridine rings is 1. The Balaban J connectivity index is 0.00000121. The van der Waals surface area contributed by atoms with E-state index in [1.807, 2.05) is 24.3 Å². The summed E-state index contributed by atoms with van der Waals surface area (Å²) in [5.74, 6) is 2.01. The summed E-state index contributed by atoms with van der Waals surface area (Å²) in [6.45, 7) is 6.07. The van der Waals surface area contributed by atoms with Gasteiger partial charge < -0.3 is 15.3 Å². The first-order valence-electron chi connectivity index (χ1n) is 8.68. The number of fused-ring (bicyclic) bond motifs is 4. The summed E-state index contributed by atoms with van der Waals surface area (Å²) in [5, 5.41) is 12.1. The first-order chi connectivity index (χ1) is 11.7. The van der Waals surface area contributed by atoms with E-state index in [1.165, 1.54) is 6.42 Å². The predicted octanol–water partition coefficient (Wildman–Crippen LogP) is 2.77. The normalized spacial score (nSPS) is 27.9. The van der Waals surface area contributed by atoms with Crippen molar-refractivity contribution < 1.29 is 15.3 Å². The number of piperidine rings is 3. The fourth-order valence-corrected chi connectivity index (χ4v) is 4.44. The molecule has 1 aromatic heterocycles. The molecule has 0 saturated carbocycles. The Hall–Kier alpha value is -1.66. The molecule has 1 aromatic carbocycles. The third kappa shape index (κ3) is 3.45. The fourth-order valence-electron chi connectivity index (χ4n) is 4.44. The summed E-state index contributed by atoms with van der Waals surface area (Å²) in [6, 6.07) is 7.96. The number of hydrogen-bond acceptors (Lipinski definition) is 4. The lowest BCUT2D eigenvalue weighted by Crippen LogP contribution is -2.54. The highest BCUT2D eigenvalue weighted by Gasteiger charge is 2.42. The van der Waals surface area contributed by atoms with E-state index in [2.05, 4.69) is 22.5 Å². The Morgan fingerprint density at radius 3 is 2.85 bits per heavy atom. The number of aliphatic hydroxyl groups is 1. The van der Waals surface area contributed by atoms with Gasteiger partial charge in [-0.15, -0.1) is 19.0 Å². The standard InChI is InChI=1S/C20H24N2O2.ClH.H2O/c1-3-13-12-22-9-7-14(13)10-19(22)20(23)16-6-8-21-18-5-4-15(24-2)11-17(16)18;;/h3-6,8,11,13-14,19-20,23H,1,7,9-10,12H2,2H3;1H;1H2/t13-,14-,19-,20-;;/m0../s1. The van der Waals surface area contributed by atoms with Crippen molar-refractivity contribution in [3.8, 4) is 5.75 Å². The minimum Gasteiger partial charge on any atom is -0.497 e. The van der Waals surface area contributed by atoms with Gasteiger partial charge in [0.05, 0.1) is 18.7 Å². The van der Waals surface area contributed by atoms with Gasteiger partial charge in [-0.05, 0) is 61.1 Å². The monoisotopic (exact) mass is 378 g/mol. The number of aliphatic hydroxyl groups excluding tert-OH is 1. The van der Waals surface area contributed by atoms with Crippen LogP contribution in [-0.4, -0.2) is 46.7 Å². The molecular formula is C20H27ClN2O3. The van der Waals surface area contributed by atoms with Crippen molar-refractivity contribution in [2.45, 2.75) is 25.0 Å². The molecule has 6 heteroatoms. The SMILES string of the molecule is C=C[C@H]1CN2CC[C@H]1C[C@H]2[C@@H](O)c1ccnc2ccc(OC)cc12.Cl.O. The molecule has 1 unspecified atom stereocenters. The van der Waals surface area contributed by atoms with Crippen molar-refractivity contribution in [3.63, 3.8) is 0 Å². The Bertz CT molecular complexity index is 770. The van der Waals surface area contributed by atoms with E-state index in [9.17, 15) is 5.11 Å². The molecule has 3 fully saturated rings. The molecule has 26 heavy (non-hydrogen) atoms. The highest BCUT2D eigenvalue weighted by molar-refractivity contribution is 5.85. The minimum atomic E-state index is -0.504. The van der Waals surface area contributed by atoms with E-state index in [4.69, 9.17) is 4.74 Å². The van der Waals surface area contributed by atoms with Crippen LogP contribution in [0, 0.1) is 11.8 Å². The van der Waals surface area contributed by atoms with Crippen molar-refractivity contribution >= 4 is 23.3 Å². The van der Waals surface area contributed by atoms with Gasteiger partial charge >= 0.3 is 0 Å². The van der Waals surface area contributed by atoms with Crippen molar-refractivity contribution in [2.24, 2.45) is 11.8 Å². The molecule has 5 atom stereocenters. The van der Waals surface area contributed by atoms with Crippen LogP contribution in [0.3, 0.4) is 0 Å². The molecule has 0 amide bonds. The smallest absolute Gasteiger partial charge is 0.119 e. The number of methoxy groups -OCH3 is 1. The van der Waals surface area contributed by atoms with Crippen LogP contribution in [0.2, 0.25) is 0 Å². The molecule has 0 radical (unpaired) electrons. The molecule has 0 aliphatic carbocycles. The molecule has 3 saturated heterocycles. The van der Waals surface area contributed by atoms with Crippen LogP contribution in [0.4, 0.5) is 0 Å². The summed E-state index contributed by atoms with van der Waals surface area (Å²) in [7, 11) is 1.66. The molecular weight excluding hydrogens is 352 g/mol. The largest absolute Gasteiger partial charge is 0.497 e. The van der Waals surface area contributed by atoms with Gasteiger partial charge in [0, 0.05) is 24.2 Å². The Morgan fingerprint density at radius 1 is 1.38 bits per heavy atom. The number of benzene rings is 1. The van der Waals surface area contributed by atoms with Gasteiger partial charge in [-0.2, -0.15) is 0 Å². The van der Waals surface area contributed by atoms with Crippen LogP contribution >= 0.6 is 12.4 Å². The van der Waals surface area contributed by atoms with Crippen molar-refractivity contribution in [1.82, 2.24) is 9.88 Å². The zero-order valence-corrected chi connectivity index (χ0v) is 15.8. The van der Waals surface area contributed by atoms with Crippen LogP contribution in [0.1, 0.15) is 24.5 Å².